The van der Waals surface area contributed by atoms with Crippen LogP contribution in [-0.2, 0) is 11.2 Å². The molecule has 0 spiro atoms. The maximum atomic E-state index is 13.4. The fraction of sp³-hybridized carbons (Fsp3) is 0.467. The van der Waals surface area contributed by atoms with Crippen LogP contribution in [0.4, 0.5) is 8.78 Å². The Hall–Kier alpha value is -1.76. The number of hydrogen-bond donors (Lipinski definition) is 0. The lowest BCUT2D eigenvalue weighted by atomic mass is 9.84. The van der Waals surface area contributed by atoms with Crippen LogP contribution in [0.2, 0.25) is 0 Å². The van der Waals surface area contributed by atoms with Gasteiger partial charge in [-0.3, -0.25) is 4.79 Å². The molecule has 0 unspecified atom stereocenters. The predicted octanol–water partition coefficient (Wildman–Crippen LogP) is 3.53. The topological polar surface area (TPSA) is 40.9 Å². The number of nitriles is 1. The minimum Gasteiger partial charge on any atom is -0.300 e. The SMILES string of the molecule is N#Cc1c(F)cc(CCC2CCC(=O)CC2)cc1F. The fourth-order valence-corrected chi connectivity index (χ4v) is 2.54. The molecule has 1 aromatic rings. The molecule has 1 aromatic carbocycles. The maximum Gasteiger partial charge on any atom is 0.144 e. The van der Waals surface area contributed by atoms with Crippen LogP contribution >= 0.6 is 0 Å². The molecule has 0 heterocycles. The number of Topliss-reactive ketones (excluding diaryl/α,β-unsaturated/α-hetero) is 1. The van der Waals surface area contributed by atoms with Crippen LogP contribution in [0.25, 0.3) is 0 Å². The summed E-state index contributed by atoms with van der Waals surface area (Å²) in [5.41, 5.74) is 0.0536. The minimum atomic E-state index is -0.795. The normalized spacial score (nSPS) is 16.4. The van der Waals surface area contributed by atoms with Gasteiger partial charge in [-0.1, -0.05) is 0 Å². The van der Waals surface area contributed by atoms with Gasteiger partial charge in [-0.2, -0.15) is 5.26 Å². The zero-order chi connectivity index (χ0) is 13.8. The van der Waals surface area contributed by atoms with E-state index in [0.717, 1.165) is 19.3 Å². The Bertz CT molecular complexity index is 500. The molecule has 0 bridgehead atoms. The number of rotatable bonds is 3. The Morgan fingerprint density at radius 1 is 1.21 bits per heavy atom. The molecule has 100 valence electrons. The van der Waals surface area contributed by atoms with E-state index in [2.05, 4.69) is 0 Å². The molecule has 1 fully saturated rings. The molecule has 0 aromatic heterocycles. The summed E-state index contributed by atoms with van der Waals surface area (Å²) in [4.78, 5) is 11.1. The van der Waals surface area contributed by atoms with E-state index in [-0.39, 0.29) is 0 Å². The van der Waals surface area contributed by atoms with Gasteiger partial charge in [0.05, 0.1) is 0 Å². The van der Waals surface area contributed by atoms with E-state index in [4.69, 9.17) is 5.26 Å². The zero-order valence-corrected chi connectivity index (χ0v) is 10.6. The maximum absolute atomic E-state index is 13.4. The van der Waals surface area contributed by atoms with E-state index >= 15 is 0 Å². The van der Waals surface area contributed by atoms with Crippen LogP contribution in [-0.4, -0.2) is 5.78 Å². The van der Waals surface area contributed by atoms with Gasteiger partial charge < -0.3 is 0 Å². The third-order valence-corrected chi connectivity index (χ3v) is 3.72. The standard InChI is InChI=1S/C15H15F2NO/c16-14-7-11(8-15(17)13(14)9-18)2-1-10-3-5-12(19)6-4-10/h7-8,10H,1-6H2. The molecule has 0 N–H and O–H groups in total. The Kier molecular flexibility index (Phi) is 4.26. The summed E-state index contributed by atoms with van der Waals surface area (Å²) >= 11 is 0. The van der Waals surface area contributed by atoms with Gasteiger partial charge in [-0.25, -0.2) is 8.78 Å². The quantitative estimate of drug-likeness (QED) is 0.837. The van der Waals surface area contributed by atoms with Gasteiger partial charge >= 0.3 is 0 Å². The van der Waals surface area contributed by atoms with E-state index < -0.39 is 17.2 Å². The van der Waals surface area contributed by atoms with Crippen molar-refractivity contribution in [1.82, 2.24) is 0 Å². The zero-order valence-electron chi connectivity index (χ0n) is 10.6. The molecular formula is C15H15F2NO. The molecule has 19 heavy (non-hydrogen) atoms. The molecule has 1 saturated carbocycles. The first-order valence-electron chi connectivity index (χ1n) is 6.50. The van der Waals surface area contributed by atoms with Gasteiger partial charge in [0.15, 0.2) is 0 Å². The highest BCUT2D eigenvalue weighted by Gasteiger charge is 2.19. The van der Waals surface area contributed by atoms with E-state index in [1.165, 1.54) is 18.2 Å². The average molecular weight is 263 g/mol. The van der Waals surface area contributed by atoms with Crippen LogP contribution < -0.4 is 0 Å². The number of carbonyl (C=O) groups excluding carboxylic acids is 1. The van der Waals surface area contributed by atoms with E-state index in [9.17, 15) is 13.6 Å². The van der Waals surface area contributed by atoms with Crippen LogP contribution in [0.15, 0.2) is 12.1 Å². The Morgan fingerprint density at radius 3 is 2.32 bits per heavy atom. The first-order valence-corrected chi connectivity index (χ1v) is 6.50. The van der Waals surface area contributed by atoms with Crippen LogP contribution in [0.3, 0.4) is 0 Å². The summed E-state index contributed by atoms with van der Waals surface area (Å²) in [6.07, 6.45) is 4.41. The second-order valence-corrected chi connectivity index (χ2v) is 5.07. The molecular weight excluding hydrogens is 248 g/mol. The minimum absolute atomic E-state index is 0.312. The van der Waals surface area contributed by atoms with Crippen molar-refractivity contribution in [2.45, 2.75) is 38.5 Å². The van der Waals surface area contributed by atoms with Crippen molar-refractivity contribution in [1.29, 1.82) is 5.26 Å². The number of nitrogens with zero attached hydrogens (tertiary/aromatic N) is 1. The molecule has 2 nitrogen and oxygen atoms in total. The highest BCUT2D eigenvalue weighted by atomic mass is 19.1. The van der Waals surface area contributed by atoms with Crippen LogP contribution in [0, 0.1) is 28.9 Å². The molecule has 1 aliphatic rings. The van der Waals surface area contributed by atoms with E-state index in [1.54, 1.807) is 0 Å². The molecule has 4 heteroatoms. The van der Waals surface area contributed by atoms with Crippen molar-refractivity contribution in [2.75, 3.05) is 0 Å². The smallest absolute Gasteiger partial charge is 0.144 e. The predicted molar refractivity (Wildman–Crippen MR) is 66.4 cm³/mol. The molecule has 1 aliphatic carbocycles. The number of aryl methyl sites for hydroxylation is 1. The molecule has 2 rings (SSSR count). The summed E-state index contributed by atoms with van der Waals surface area (Å²) in [7, 11) is 0. The van der Waals surface area contributed by atoms with Crippen molar-refractivity contribution in [3.05, 3.63) is 34.9 Å². The van der Waals surface area contributed by atoms with E-state index in [0.29, 0.717) is 36.5 Å². The number of halogens is 2. The summed E-state index contributed by atoms with van der Waals surface area (Å²) in [5.74, 6) is -0.821. The summed E-state index contributed by atoms with van der Waals surface area (Å²) < 4.78 is 26.8. The van der Waals surface area contributed by atoms with Crippen molar-refractivity contribution in [2.24, 2.45) is 5.92 Å². The molecule has 0 atom stereocenters. The van der Waals surface area contributed by atoms with Gasteiger partial charge in [-0.15, -0.1) is 0 Å². The average Bonchev–Trinajstić information content (AvgIpc) is 2.38. The highest BCUT2D eigenvalue weighted by Crippen LogP contribution is 2.26. The highest BCUT2D eigenvalue weighted by molar-refractivity contribution is 5.79. The Labute approximate surface area is 111 Å². The van der Waals surface area contributed by atoms with Crippen LogP contribution in [0.1, 0.15) is 43.2 Å². The molecule has 0 radical (unpaired) electrons. The largest absolute Gasteiger partial charge is 0.300 e. The molecule has 0 saturated heterocycles. The first kappa shape index (κ1) is 13.7. The van der Waals surface area contributed by atoms with Crippen molar-refractivity contribution < 1.29 is 13.6 Å². The Morgan fingerprint density at radius 2 is 1.79 bits per heavy atom. The van der Waals surface area contributed by atoms with Gasteiger partial charge in [0.1, 0.15) is 29.1 Å². The summed E-state index contributed by atoms with van der Waals surface area (Å²) in [6.45, 7) is 0. The van der Waals surface area contributed by atoms with Gasteiger partial charge in [0.25, 0.3) is 0 Å². The monoisotopic (exact) mass is 263 g/mol. The number of ketones is 1. The first-order chi connectivity index (χ1) is 9.10. The van der Waals surface area contributed by atoms with Crippen molar-refractivity contribution in [3.8, 4) is 6.07 Å². The summed E-state index contributed by atoms with van der Waals surface area (Å²) in [5, 5.41) is 8.59. The lowest BCUT2D eigenvalue weighted by molar-refractivity contribution is -0.121. The van der Waals surface area contributed by atoms with Crippen LogP contribution in [0.5, 0.6) is 0 Å². The number of carbonyl (C=O) groups is 1. The molecule has 0 aliphatic heterocycles. The summed E-state index contributed by atoms with van der Waals surface area (Å²) in [6, 6.07) is 3.98. The fourth-order valence-electron chi connectivity index (χ4n) is 2.54. The lowest BCUT2D eigenvalue weighted by Gasteiger charge is -2.20. The van der Waals surface area contributed by atoms with Gasteiger partial charge in [0.2, 0.25) is 0 Å². The number of benzene rings is 1. The van der Waals surface area contributed by atoms with E-state index in [1.807, 2.05) is 0 Å². The Balaban J connectivity index is 1.97. The van der Waals surface area contributed by atoms with Crippen molar-refractivity contribution >= 4 is 5.78 Å². The third kappa shape index (κ3) is 3.37. The van der Waals surface area contributed by atoms with Crippen molar-refractivity contribution in [3.63, 3.8) is 0 Å². The second kappa shape index (κ2) is 5.92. The van der Waals surface area contributed by atoms with Gasteiger partial charge in [-0.05, 0) is 49.3 Å². The molecule has 0 amide bonds. The second-order valence-electron chi connectivity index (χ2n) is 5.07. The third-order valence-electron chi connectivity index (χ3n) is 3.72. The number of hydrogen-bond acceptors (Lipinski definition) is 2. The van der Waals surface area contributed by atoms with Gasteiger partial charge in [0, 0.05) is 12.8 Å². The lowest BCUT2D eigenvalue weighted by Crippen LogP contribution is -2.14.